The number of nitrogens with one attached hydrogen (secondary N) is 1. The summed E-state index contributed by atoms with van der Waals surface area (Å²) in [5.41, 5.74) is 0. The maximum atomic E-state index is 13.4. The summed E-state index contributed by atoms with van der Waals surface area (Å²) in [7, 11) is 1.17. The van der Waals surface area contributed by atoms with Crippen LogP contribution in [0.1, 0.15) is 252 Å². The van der Waals surface area contributed by atoms with Gasteiger partial charge in [-0.1, -0.05) is 225 Å². The smallest absolute Gasteiger partial charge is 0.306 e. The number of rotatable bonds is 49. The van der Waals surface area contributed by atoms with Crippen molar-refractivity contribution in [2.45, 2.75) is 264 Å². The van der Waals surface area contributed by atoms with Crippen molar-refractivity contribution >= 4 is 19.7 Å². The van der Waals surface area contributed by atoms with Crippen molar-refractivity contribution in [1.29, 1.82) is 0 Å². The van der Waals surface area contributed by atoms with Crippen molar-refractivity contribution in [2.24, 2.45) is 0 Å². The van der Waals surface area contributed by atoms with E-state index in [1.165, 1.54) is 161 Å². The molecule has 0 aliphatic rings. The highest BCUT2D eigenvalue weighted by Crippen LogP contribution is 2.38. The van der Waals surface area contributed by atoms with Crippen LogP contribution in [0.25, 0.3) is 0 Å². The molecule has 0 saturated carbocycles. The average molecular weight is 937 g/mol. The van der Waals surface area contributed by atoms with Gasteiger partial charge in [0.25, 0.3) is 7.82 Å². The van der Waals surface area contributed by atoms with Gasteiger partial charge in [-0.25, -0.2) is 0 Å². The van der Waals surface area contributed by atoms with Gasteiger partial charge < -0.3 is 28.5 Å². The minimum absolute atomic E-state index is 0.0277. The molecule has 1 N–H and O–H groups in total. The summed E-state index contributed by atoms with van der Waals surface area (Å²) in [6.07, 6.45) is 52.6. The zero-order chi connectivity index (χ0) is 48.0. The van der Waals surface area contributed by atoms with E-state index in [2.05, 4.69) is 44.3 Å². The highest BCUT2D eigenvalue weighted by Gasteiger charge is 2.27. The molecule has 0 aromatic heterocycles. The lowest BCUT2D eigenvalue weighted by Crippen LogP contribution is -2.47. The fourth-order valence-electron chi connectivity index (χ4n) is 7.81. The number of ether oxygens (including phenoxy) is 1. The number of quaternary nitrogens is 1. The molecule has 3 unspecified atom stereocenters. The Bertz CT molecular complexity index is 1220. The summed E-state index contributed by atoms with van der Waals surface area (Å²) >= 11 is 0. The van der Waals surface area contributed by atoms with Crippen LogP contribution in [-0.2, 0) is 27.9 Å². The maximum absolute atomic E-state index is 13.4. The molecule has 65 heavy (non-hydrogen) atoms. The molecule has 0 saturated heterocycles. The molecule has 1 amide bonds. The van der Waals surface area contributed by atoms with Crippen molar-refractivity contribution in [1.82, 2.24) is 5.32 Å². The Morgan fingerprint density at radius 3 is 1.42 bits per heavy atom. The zero-order valence-corrected chi connectivity index (χ0v) is 44.3. The van der Waals surface area contributed by atoms with Gasteiger partial charge in [0.2, 0.25) is 5.91 Å². The van der Waals surface area contributed by atoms with E-state index in [1.807, 2.05) is 39.4 Å². The number of phosphoric ester groups is 1. The number of hydrogen-bond donors (Lipinski definition) is 1. The Kier molecular flexibility index (Phi) is 44.7. The lowest BCUT2D eigenvalue weighted by molar-refractivity contribution is -0.870. The first-order chi connectivity index (χ1) is 31.4. The first kappa shape index (κ1) is 63.2. The van der Waals surface area contributed by atoms with Gasteiger partial charge in [0.15, 0.2) is 0 Å². The third-order valence-electron chi connectivity index (χ3n) is 12.1. The number of nitrogens with zero attached hydrogens (tertiary/aromatic N) is 1. The molecule has 0 rings (SSSR count). The highest BCUT2D eigenvalue weighted by molar-refractivity contribution is 7.45. The molecular weight excluding hydrogens is 832 g/mol. The summed E-state index contributed by atoms with van der Waals surface area (Å²) in [5.74, 6) is -0.613. The molecule has 3 atom stereocenters. The molecule has 0 spiro atoms. The summed E-state index contributed by atoms with van der Waals surface area (Å²) in [6, 6.07) is -0.904. The number of allylic oxidation sites excluding steroid dienone is 5. The second kappa shape index (κ2) is 46.0. The van der Waals surface area contributed by atoms with Crippen LogP contribution in [0.15, 0.2) is 36.5 Å². The predicted octanol–water partition coefficient (Wildman–Crippen LogP) is 15.4. The Labute approximate surface area is 402 Å². The molecule has 9 nitrogen and oxygen atoms in total. The van der Waals surface area contributed by atoms with Crippen LogP contribution in [0.4, 0.5) is 0 Å². The molecule has 0 fully saturated rings. The number of likely N-dealkylation sites (N-methyl/N-ethyl adjacent to an activating group) is 1. The highest BCUT2D eigenvalue weighted by atomic mass is 31.2. The van der Waals surface area contributed by atoms with Gasteiger partial charge in [0, 0.05) is 12.8 Å². The number of esters is 1. The molecule has 382 valence electrons. The lowest BCUT2D eigenvalue weighted by Gasteiger charge is -2.30. The van der Waals surface area contributed by atoms with Crippen molar-refractivity contribution in [2.75, 3.05) is 40.9 Å². The van der Waals surface area contributed by atoms with E-state index in [0.29, 0.717) is 23.9 Å². The number of unbranched alkanes of at least 4 members (excludes halogenated alkanes) is 29. The van der Waals surface area contributed by atoms with E-state index in [1.54, 1.807) is 0 Å². The third kappa shape index (κ3) is 47.1. The Morgan fingerprint density at radius 1 is 0.538 bits per heavy atom. The molecule has 0 aromatic carbocycles. The van der Waals surface area contributed by atoms with Crippen molar-refractivity contribution in [3.05, 3.63) is 36.5 Å². The van der Waals surface area contributed by atoms with Gasteiger partial charge in [-0.15, -0.1) is 0 Å². The Balaban J connectivity index is 5.46. The van der Waals surface area contributed by atoms with E-state index in [-0.39, 0.29) is 18.9 Å². The van der Waals surface area contributed by atoms with Crippen molar-refractivity contribution in [3.8, 4) is 0 Å². The van der Waals surface area contributed by atoms with E-state index in [0.717, 1.165) is 51.4 Å². The fourth-order valence-corrected chi connectivity index (χ4v) is 8.53. The molecule has 0 aliphatic heterocycles. The SMILES string of the molecule is CCCCCCCC/C=C\C/C=C/CCC(=O)OC(/C=C/CCCCCCCCCCCC)C(COP(=O)([O-])OCC[N+](C)(C)C)NC(=O)CCCCCCCCCCCCCCCC. The Hall–Kier alpha value is -1.77. The standard InChI is InChI=1S/C55H105N2O7P/c1-7-10-13-16-19-22-25-28-30-32-35-38-41-44-47-54(58)56-52(51-63-65(60,61)62-50-49-57(4,5)6)53(46-43-40-37-34-31-27-24-21-18-15-12-9-3)64-55(59)48-45-42-39-36-33-29-26-23-20-17-14-11-8-2/h29,33,39,42-43,46,52-53H,7-28,30-32,34-38,40-41,44-45,47-51H2,1-6H3,(H-,56,58,60,61)/b33-29-,42-39+,46-43+. The van der Waals surface area contributed by atoms with Gasteiger partial charge in [-0.3, -0.25) is 14.2 Å². The van der Waals surface area contributed by atoms with Gasteiger partial charge in [0.05, 0.1) is 33.8 Å². The topological polar surface area (TPSA) is 114 Å². The number of carbonyl (C=O) groups is 2. The van der Waals surface area contributed by atoms with E-state index >= 15 is 0 Å². The van der Waals surface area contributed by atoms with Gasteiger partial charge in [0.1, 0.15) is 19.3 Å². The fraction of sp³-hybridized carbons (Fsp3) is 0.855. The Morgan fingerprint density at radius 2 is 0.954 bits per heavy atom. The van der Waals surface area contributed by atoms with Crippen LogP contribution in [0.3, 0.4) is 0 Å². The van der Waals surface area contributed by atoms with E-state index in [4.69, 9.17) is 13.8 Å². The second-order valence-electron chi connectivity index (χ2n) is 19.7. The molecule has 0 radical (unpaired) electrons. The van der Waals surface area contributed by atoms with E-state index in [9.17, 15) is 19.0 Å². The maximum Gasteiger partial charge on any atom is 0.306 e. The van der Waals surface area contributed by atoms with Gasteiger partial charge >= 0.3 is 5.97 Å². The normalized spacial score (nSPS) is 14.1. The van der Waals surface area contributed by atoms with Crippen LogP contribution in [0.2, 0.25) is 0 Å². The first-order valence-corrected chi connectivity index (χ1v) is 28.8. The lowest BCUT2D eigenvalue weighted by atomic mass is 10.0. The first-order valence-electron chi connectivity index (χ1n) is 27.3. The monoisotopic (exact) mass is 937 g/mol. The van der Waals surface area contributed by atoms with Crippen LogP contribution >= 0.6 is 7.82 Å². The van der Waals surface area contributed by atoms with Crippen LogP contribution in [0.5, 0.6) is 0 Å². The number of hydrogen-bond acceptors (Lipinski definition) is 7. The summed E-state index contributed by atoms with van der Waals surface area (Å²) < 4.78 is 30.1. The quantitative estimate of drug-likeness (QED) is 0.0212. The van der Waals surface area contributed by atoms with E-state index < -0.39 is 32.5 Å². The zero-order valence-electron chi connectivity index (χ0n) is 43.4. The molecular formula is C55H105N2O7P. The van der Waals surface area contributed by atoms with Gasteiger partial charge in [-0.2, -0.15) is 0 Å². The summed E-state index contributed by atoms with van der Waals surface area (Å²) in [5, 5.41) is 3.00. The summed E-state index contributed by atoms with van der Waals surface area (Å²) in [6.45, 7) is 6.80. The van der Waals surface area contributed by atoms with Crippen molar-refractivity contribution < 1.29 is 37.3 Å². The third-order valence-corrected chi connectivity index (χ3v) is 13.1. The predicted molar refractivity (Wildman–Crippen MR) is 275 cm³/mol. The van der Waals surface area contributed by atoms with Crippen LogP contribution < -0.4 is 10.2 Å². The minimum Gasteiger partial charge on any atom is -0.756 e. The minimum atomic E-state index is -4.70. The largest absolute Gasteiger partial charge is 0.756 e. The number of amides is 1. The number of carbonyl (C=O) groups excluding carboxylic acids is 2. The summed E-state index contributed by atoms with van der Waals surface area (Å²) in [4.78, 5) is 39.7. The molecule has 0 aromatic rings. The number of phosphoric acid groups is 1. The molecule has 0 bridgehead atoms. The van der Waals surface area contributed by atoms with Gasteiger partial charge in [-0.05, 0) is 51.0 Å². The molecule has 0 heterocycles. The van der Waals surface area contributed by atoms with Crippen LogP contribution in [-0.4, -0.2) is 69.4 Å². The molecule has 0 aliphatic carbocycles. The van der Waals surface area contributed by atoms with Crippen molar-refractivity contribution in [3.63, 3.8) is 0 Å². The second-order valence-corrected chi connectivity index (χ2v) is 21.1. The average Bonchev–Trinajstić information content (AvgIpc) is 3.26. The van der Waals surface area contributed by atoms with Crippen LogP contribution in [0, 0.1) is 0 Å². The molecule has 10 heteroatoms.